The normalized spacial score (nSPS) is 20.8. The predicted octanol–water partition coefficient (Wildman–Crippen LogP) is 7.40. The fourth-order valence-electron chi connectivity index (χ4n) is 3.68. The first-order valence-electron chi connectivity index (χ1n) is 9.56. The number of hydrogen-bond donors (Lipinski definition) is 0. The quantitative estimate of drug-likeness (QED) is 0.405. The summed E-state index contributed by atoms with van der Waals surface area (Å²) in [6.45, 7) is 4.63. The number of benzene rings is 1. The van der Waals surface area contributed by atoms with E-state index >= 15 is 0 Å². The smallest absolute Gasteiger partial charge is 0.0210 e. The van der Waals surface area contributed by atoms with E-state index in [9.17, 15) is 0 Å². The van der Waals surface area contributed by atoms with Gasteiger partial charge in [-0.3, -0.25) is 0 Å². The van der Waals surface area contributed by atoms with Gasteiger partial charge in [0.2, 0.25) is 0 Å². The molecule has 0 nitrogen and oxygen atoms in total. The van der Waals surface area contributed by atoms with Crippen molar-refractivity contribution in [2.24, 2.45) is 0 Å². The molecule has 1 atom stereocenters. The Hall–Kier alpha value is -0.430. The summed E-state index contributed by atoms with van der Waals surface area (Å²) >= 11 is 2.22. The van der Waals surface area contributed by atoms with Crippen LogP contribution in [0.4, 0.5) is 0 Å². The third kappa shape index (κ3) is 5.33. The summed E-state index contributed by atoms with van der Waals surface area (Å²) in [5.74, 6) is 0. The van der Waals surface area contributed by atoms with Crippen molar-refractivity contribution >= 4 is 11.8 Å². The van der Waals surface area contributed by atoms with E-state index in [0.717, 1.165) is 0 Å². The second kappa shape index (κ2) is 9.65. The summed E-state index contributed by atoms with van der Waals surface area (Å²) in [4.78, 5) is 1.57. The van der Waals surface area contributed by atoms with Crippen LogP contribution in [0.25, 0.3) is 0 Å². The van der Waals surface area contributed by atoms with Crippen molar-refractivity contribution in [3.8, 4) is 0 Å². The highest BCUT2D eigenvalue weighted by atomic mass is 32.2. The predicted molar refractivity (Wildman–Crippen MR) is 101 cm³/mol. The summed E-state index contributed by atoms with van der Waals surface area (Å²) in [6.07, 6.45) is 16.8. The molecule has 0 amide bonds. The van der Waals surface area contributed by atoms with Crippen molar-refractivity contribution in [2.45, 2.75) is 101 Å². The molecule has 1 heteroatoms. The summed E-state index contributed by atoms with van der Waals surface area (Å²) in [6, 6.07) is 9.10. The number of hydrogen-bond acceptors (Lipinski definition) is 1. The van der Waals surface area contributed by atoms with Crippen LogP contribution >= 0.6 is 11.8 Å². The lowest BCUT2D eigenvalue weighted by Crippen LogP contribution is -2.28. The van der Waals surface area contributed by atoms with Crippen molar-refractivity contribution in [1.29, 1.82) is 0 Å². The van der Waals surface area contributed by atoms with Gasteiger partial charge in [0.25, 0.3) is 0 Å². The zero-order valence-electron chi connectivity index (χ0n) is 14.7. The van der Waals surface area contributed by atoms with E-state index in [4.69, 9.17) is 0 Å². The van der Waals surface area contributed by atoms with E-state index in [1.165, 1.54) is 77.0 Å². The molecule has 2 rings (SSSR count). The van der Waals surface area contributed by atoms with Crippen LogP contribution in [0.5, 0.6) is 0 Å². The van der Waals surface area contributed by atoms with Crippen LogP contribution in [0.15, 0.2) is 29.2 Å². The van der Waals surface area contributed by atoms with Crippen LogP contribution in [0, 0.1) is 0 Å². The monoisotopic (exact) mass is 318 g/mol. The van der Waals surface area contributed by atoms with E-state index in [2.05, 4.69) is 49.9 Å². The molecule has 0 N–H and O–H groups in total. The molecule has 1 aliphatic rings. The Balaban J connectivity index is 1.94. The lowest BCUT2D eigenvalue weighted by Gasteiger charge is -2.38. The van der Waals surface area contributed by atoms with Crippen molar-refractivity contribution in [3.05, 3.63) is 29.8 Å². The second-order valence-corrected chi connectivity index (χ2v) is 8.52. The lowest BCUT2D eigenvalue weighted by molar-refractivity contribution is 0.418. The SMILES string of the molecule is CCCCCCCC1(CCCCC)CCc2ccccc2S1. The van der Waals surface area contributed by atoms with Gasteiger partial charge >= 0.3 is 0 Å². The van der Waals surface area contributed by atoms with Gasteiger partial charge in [-0.1, -0.05) is 83.4 Å². The molecule has 0 bridgehead atoms. The van der Waals surface area contributed by atoms with Crippen molar-refractivity contribution < 1.29 is 0 Å². The van der Waals surface area contributed by atoms with Crippen molar-refractivity contribution in [1.82, 2.24) is 0 Å². The Morgan fingerprint density at radius 3 is 2.27 bits per heavy atom. The maximum Gasteiger partial charge on any atom is 0.0210 e. The van der Waals surface area contributed by atoms with Crippen LogP contribution in [-0.4, -0.2) is 4.75 Å². The van der Waals surface area contributed by atoms with E-state index in [1.807, 2.05) is 0 Å². The molecule has 1 unspecified atom stereocenters. The minimum atomic E-state index is 0.537. The molecular formula is C21H34S. The molecule has 1 aliphatic heterocycles. The van der Waals surface area contributed by atoms with Gasteiger partial charge in [-0.2, -0.15) is 0 Å². The first-order chi connectivity index (χ1) is 10.8. The van der Waals surface area contributed by atoms with E-state index < -0.39 is 0 Å². The highest BCUT2D eigenvalue weighted by Crippen LogP contribution is 2.49. The van der Waals surface area contributed by atoms with Crippen molar-refractivity contribution in [3.63, 3.8) is 0 Å². The molecule has 22 heavy (non-hydrogen) atoms. The fourth-order valence-corrected chi connectivity index (χ4v) is 5.29. The minimum Gasteiger partial charge on any atom is -0.119 e. The van der Waals surface area contributed by atoms with Gasteiger partial charge in [0.1, 0.15) is 0 Å². The zero-order valence-corrected chi connectivity index (χ0v) is 15.5. The van der Waals surface area contributed by atoms with Gasteiger partial charge in [0, 0.05) is 9.64 Å². The number of rotatable bonds is 10. The standard InChI is InChI=1S/C21H34S/c1-3-5-7-8-12-17-21(16-11-6-4-2)18-15-19-13-9-10-14-20(19)22-21/h9-10,13-14H,3-8,11-12,15-18H2,1-2H3. The zero-order chi connectivity index (χ0) is 15.7. The molecule has 0 saturated carbocycles. The number of aryl methyl sites for hydroxylation is 1. The average molecular weight is 319 g/mol. The second-order valence-electron chi connectivity index (χ2n) is 7.01. The third-order valence-electron chi connectivity index (χ3n) is 5.12. The van der Waals surface area contributed by atoms with Gasteiger partial charge in [-0.05, 0) is 37.3 Å². The molecule has 124 valence electrons. The van der Waals surface area contributed by atoms with Crippen LogP contribution < -0.4 is 0 Å². The number of fused-ring (bicyclic) bond motifs is 1. The number of unbranched alkanes of at least 4 members (excludes halogenated alkanes) is 6. The molecule has 0 radical (unpaired) electrons. The summed E-state index contributed by atoms with van der Waals surface area (Å²) in [5.41, 5.74) is 1.59. The molecule has 1 aromatic rings. The largest absolute Gasteiger partial charge is 0.119 e. The Labute approximate surface area is 142 Å². The van der Waals surface area contributed by atoms with Crippen molar-refractivity contribution in [2.75, 3.05) is 0 Å². The third-order valence-corrected chi connectivity index (χ3v) is 6.78. The molecular weight excluding hydrogens is 284 g/mol. The molecule has 0 aromatic heterocycles. The van der Waals surface area contributed by atoms with Gasteiger partial charge in [0.15, 0.2) is 0 Å². The van der Waals surface area contributed by atoms with Crippen LogP contribution in [0.3, 0.4) is 0 Å². The maximum absolute atomic E-state index is 2.35. The Morgan fingerprint density at radius 1 is 0.864 bits per heavy atom. The van der Waals surface area contributed by atoms with Crippen LogP contribution in [0.2, 0.25) is 0 Å². The summed E-state index contributed by atoms with van der Waals surface area (Å²) in [7, 11) is 0. The van der Waals surface area contributed by atoms with Gasteiger partial charge in [-0.15, -0.1) is 11.8 Å². The van der Waals surface area contributed by atoms with E-state index in [1.54, 1.807) is 10.5 Å². The number of thioether (sulfide) groups is 1. The molecule has 0 aliphatic carbocycles. The Kier molecular flexibility index (Phi) is 7.86. The highest BCUT2D eigenvalue weighted by molar-refractivity contribution is 8.00. The van der Waals surface area contributed by atoms with Gasteiger partial charge in [-0.25, -0.2) is 0 Å². The fraction of sp³-hybridized carbons (Fsp3) is 0.714. The summed E-state index contributed by atoms with van der Waals surface area (Å²) in [5, 5.41) is 0. The molecule has 1 heterocycles. The lowest BCUT2D eigenvalue weighted by atomic mass is 9.87. The van der Waals surface area contributed by atoms with Crippen LogP contribution in [-0.2, 0) is 6.42 Å². The van der Waals surface area contributed by atoms with Crippen LogP contribution in [0.1, 0.15) is 90.0 Å². The minimum absolute atomic E-state index is 0.537. The van der Waals surface area contributed by atoms with E-state index in [-0.39, 0.29) is 0 Å². The molecule has 0 saturated heterocycles. The maximum atomic E-state index is 2.35. The first kappa shape index (κ1) is 17.9. The van der Waals surface area contributed by atoms with Gasteiger partial charge < -0.3 is 0 Å². The molecule has 0 fully saturated rings. The molecule has 1 aromatic carbocycles. The molecule has 0 spiro atoms. The Morgan fingerprint density at radius 2 is 1.50 bits per heavy atom. The summed E-state index contributed by atoms with van der Waals surface area (Å²) < 4.78 is 0.537. The van der Waals surface area contributed by atoms with E-state index in [0.29, 0.717) is 4.75 Å². The first-order valence-corrected chi connectivity index (χ1v) is 10.4. The Bertz CT molecular complexity index is 426. The van der Waals surface area contributed by atoms with Gasteiger partial charge in [0.05, 0.1) is 0 Å². The average Bonchev–Trinajstić information content (AvgIpc) is 2.55. The highest BCUT2D eigenvalue weighted by Gasteiger charge is 2.34. The topological polar surface area (TPSA) is 0 Å².